The van der Waals surface area contributed by atoms with E-state index in [2.05, 4.69) is 11.4 Å². The van der Waals surface area contributed by atoms with Crippen molar-refractivity contribution in [2.45, 2.75) is 57.0 Å². The molecule has 1 fully saturated rings. The summed E-state index contributed by atoms with van der Waals surface area (Å²) in [4.78, 5) is 13.2. The number of rotatable bonds is 6. The van der Waals surface area contributed by atoms with E-state index in [4.69, 9.17) is 11.6 Å². The van der Waals surface area contributed by atoms with Crippen LogP contribution in [-0.4, -0.2) is 31.2 Å². The van der Waals surface area contributed by atoms with E-state index in [0.717, 1.165) is 17.5 Å². The number of benzene rings is 2. The van der Waals surface area contributed by atoms with E-state index in [1.54, 1.807) is 12.1 Å². The minimum absolute atomic E-state index is 0.149. The first-order chi connectivity index (χ1) is 13.7. The second kappa shape index (κ2) is 8.86. The van der Waals surface area contributed by atoms with Crippen LogP contribution in [0.5, 0.6) is 0 Å². The van der Waals surface area contributed by atoms with Crippen LogP contribution in [0.2, 0.25) is 5.02 Å². The largest absolute Gasteiger partial charge is 0.348 e. The normalized spacial score (nSPS) is 18.6. The number of nitrogens with zero attached hydrogens (tertiary/aromatic N) is 1. The Labute approximate surface area is 178 Å². The Hall–Kier alpha value is -1.89. The van der Waals surface area contributed by atoms with Crippen molar-refractivity contribution < 1.29 is 13.2 Å². The van der Waals surface area contributed by atoms with Crippen molar-refractivity contribution in [2.24, 2.45) is 0 Å². The van der Waals surface area contributed by atoms with Crippen LogP contribution in [0.4, 0.5) is 0 Å². The average Bonchev–Trinajstić information content (AvgIpc) is 3.18. The van der Waals surface area contributed by atoms with Gasteiger partial charge in [-0.1, -0.05) is 42.3 Å². The molecule has 1 aliphatic rings. The molecule has 1 amide bonds. The first kappa shape index (κ1) is 21.8. The van der Waals surface area contributed by atoms with Crippen molar-refractivity contribution >= 4 is 27.5 Å². The van der Waals surface area contributed by atoms with Crippen molar-refractivity contribution in [2.75, 3.05) is 6.54 Å². The van der Waals surface area contributed by atoms with Gasteiger partial charge < -0.3 is 5.32 Å². The molecule has 0 bridgehead atoms. The molecule has 2 atom stereocenters. The molecule has 3 rings (SSSR count). The zero-order valence-electron chi connectivity index (χ0n) is 17.0. The molecule has 1 heterocycles. The molecule has 156 valence electrons. The average molecular weight is 435 g/mol. The van der Waals surface area contributed by atoms with Crippen molar-refractivity contribution in [1.82, 2.24) is 9.62 Å². The zero-order chi connectivity index (χ0) is 21.2. The number of sulfonamides is 1. The lowest BCUT2D eigenvalue weighted by Gasteiger charge is -2.26. The van der Waals surface area contributed by atoms with Crippen LogP contribution in [0.25, 0.3) is 0 Å². The molecule has 5 nitrogen and oxygen atoms in total. The van der Waals surface area contributed by atoms with E-state index in [0.29, 0.717) is 24.4 Å². The molecule has 2 aromatic carbocycles. The number of carbonyl (C=O) groups excluding carboxylic acids is 1. The van der Waals surface area contributed by atoms with Gasteiger partial charge in [-0.05, 0) is 68.5 Å². The number of amides is 1. The molecule has 0 unspecified atom stereocenters. The third-order valence-corrected chi connectivity index (χ3v) is 7.63. The molecular weight excluding hydrogens is 408 g/mol. The lowest BCUT2D eigenvalue weighted by Crippen LogP contribution is -2.46. The summed E-state index contributed by atoms with van der Waals surface area (Å²) in [6.45, 7) is 6.42. The zero-order valence-corrected chi connectivity index (χ0v) is 18.6. The first-order valence-corrected chi connectivity index (χ1v) is 11.7. The van der Waals surface area contributed by atoms with Crippen molar-refractivity contribution in [3.8, 4) is 0 Å². The number of aryl methyl sites for hydroxylation is 2. The summed E-state index contributed by atoms with van der Waals surface area (Å²) >= 11 is 5.88. The van der Waals surface area contributed by atoms with Crippen LogP contribution in [-0.2, 0) is 14.8 Å². The number of nitrogens with one attached hydrogen (secondary N) is 1. The molecule has 0 aliphatic carbocycles. The SMILES string of the molecule is CC[C@H](NC(=O)[C@@H]1CCCN1S(=O)(=O)c1ccc(Cl)cc1)c1ccc(C)cc1C. The van der Waals surface area contributed by atoms with Crippen LogP contribution in [0.15, 0.2) is 47.4 Å². The Bertz CT molecular complexity index is 990. The van der Waals surface area contributed by atoms with E-state index >= 15 is 0 Å². The number of hydrogen-bond donors (Lipinski definition) is 1. The summed E-state index contributed by atoms with van der Waals surface area (Å²) in [6.07, 6.45) is 1.90. The molecule has 1 N–H and O–H groups in total. The van der Waals surface area contributed by atoms with Crippen LogP contribution in [0, 0.1) is 13.8 Å². The quantitative estimate of drug-likeness (QED) is 0.733. The molecule has 0 saturated carbocycles. The molecule has 1 saturated heterocycles. The predicted molar refractivity (Wildman–Crippen MR) is 115 cm³/mol. The summed E-state index contributed by atoms with van der Waals surface area (Å²) in [5, 5.41) is 3.55. The van der Waals surface area contributed by atoms with E-state index in [-0.39, 0.29) is 16.8 Å². The van der Waals surface area contributed by atoms with Crippen molar-refractivity contribution in [3.63, 3.8) is 0 Å². The van der Waals surface area contributed by atoms with Gasteiger partial charge in [-0.2, -0.15) is 4.31 Å². The number of halogens is 1. The standard InChI is InChI=1S/C22H27ClN2O3S/c1-4-20(19-12-7-15(2)14-16(19)3)24-22(26)21-6-5-13-25(21)29(27,28)18-10-8-17(23)9-11-18/h7-12,14,20-21H,4-6,13H2,1-3H3,(H,24,26)/t20-,21-/m0/s1. The molecule has 0 aromatic heterocycles. The second-order valence-electron chi connectivity index (χ2n) is 7.56. The number of carbonyl (C=O) groups is 1. The van der Waals surface area contributed by atoms with E-state index in [1.165, 1.54) is 22.0 Å². The van der Waals surface area contributed by atoms with Gasteiger partial charge in [-0.25, -0.2) is 8.42 Å². The Kier molecular flexibility index (Phi) is 6.66. The maximum atomic E-state index is 13.1. The fraction of sp³-hybridized carbons (Fsp3) is 0.409. The third kappa shape index (κ3) is 4.65. The molecule has 29 heavy (non-hydrogen) atoms. The monoisotopic (exact) mass is 434 g/mol. The van der Waals surface area contributed by atoms with Crippen molar-refractivity contribution in [1.29, 1.82) is 0 Å². The van der Waals surface area contributed by atoms with Gasteiger partial charge >= 0.3 is 0 Å². The summed E-state index contributed by atoms with van der Waals surface area (Å²) in [5.41, 5.74) is 3.36. The Morgan fingerprint density at radius 3 is 2.52 bits per heavy atom. The topological polar surface area (TPSA) is 66.5 Å². The second-order valence-corrected chi connectivity index (χ2v) is 9.88. The molecule has 7 heteroatoms. The van der Waals surface area contributed by atoms with E-state index in [1.807, 2.05) is 32.9 Å². The highest BCUT2D eigenvalue weighted by Gasteiger charge is 2.40. The van der Waals surface area contributed by atoms with Gasteiger partial charge in [0.25, 0.3) is 0 Å². The molecular formula is C22H27ClN2O3S. The molecule has 2 aromatic rings. The Morgan fingerprint density at radius 2 is 1.90 bits per heavy atom. The maximum absolute atomic E-state index is 13.1. The van der Waals surface area contributed by atoms with E-state index < -0.39 is 16.1 Å². The third-order valence-electron chi connectivity index (χ3n) is 5.45. The fourth-order valence-electron chi connectivity index (χ4n) is 3.92. The maximum Gasteiger partial charge on any atom is 0.243 e. The first-order valence-electron chi connectivity index (χ1n) is 9.89. The Balaban J connectivity index is 1.81. The molecule has 1 aliphatic heterocycles. The van der Waals surface area contributed by atoms with Gasteiger partial charge in [-0.3, -0.25) is 4.79 Å². The summed E-state index contributed by atoms with van der Waals surface area (Å²) in [6, 6.07) is 11.4. The lowest BCUT2D eigenvalue weighted by atomic mass is 9.97. The Morgan fingerprint density at radius 1 is 1.21 bits per heavy atom. The fourth-order valence-corrected chi connectivity index (χ4v) is 5.70. The van der Waals surface area contributed by atoms with Gasteiger partial charge in [0.2, 0.25) is 15.9 Å². The number of hydrogen-bond acceptors (Lipinski definition) is 3. The van der Waals surface area contributed by atoms with Gasteiger partial charge in [0.05, 0.1) is 10.9 Å². The van der Waals surface area contributed by atoms with Crippen LogP contribution < -0.4 is 5.32 Å². The molecule has 0 spiro atoms. The predicted octanol–water partition coefficient (Wildman–Crippen LogP) is 4.38. The van der Waals surface area contributed by atoms with Gasteiger partial charge in [-0.15, -0.1) is 0 Å². The van der Waals surface area contributed by atoms with Gasteiger partial charge in [0, 0.05) is 11.6 Å². The van der Waals surface area contributed by atoms with Crippen LogP contribution in [0.1, 0.15) is 48.9 Å². The highest BCUT2D eigenvalue weighted by molar-refractivity contribution is 7.89. The summed E-state index contributed by atoms with van der Waals surface area (Å²) in [5.74, 6) is -0.244. The van der Waals surface area contributed by atoms with E-state index in [9.17, 15) is 13.2 Å². The van der Waals surface area contributed by atoms with Crippen LogP contribution >= 0.6 is 11.6 Å². The van der Waals surface area contributed by atoms with Crippen molar-refractivity contribution in [3.05, 3.63) is 64.2 Å². The lowest BCUT2D eigenvalue weighted by molar-refractivity contribution is -0.125. The molecule has 0 radical (unpaired) electrons. The minimum atomic E-state index is -3.76. The summed E-state index contributed by atoms with van der Waals surface area (Å²) < 4.78 is 27.5. The van der Waals surface area contributed by atoms with Crippen LogP contribution in [0.3, 0.4) is 0 Å². The highest BCUT2D eigenvalue weighted by atomic mass is 35.5. The summed E-state index contributed by atoms with van der Waals surface area (Å²) in [7, 11) is -3.76. The minimum Gasteiger partial charge on any atom is -0.348 e. The van der Waals surface area contributed by atoms with Gasteiger partial charge in [0.1, 0.15) is 6.04 Å². The smallest absolute Gasteiger partial charge is 0.243 e. The van der Waals surface area contributed by atoms with Gasteiger partial charge in [0.15, 0.2) is 0 Å². The highest BCUT2D eigenvalue weighted by Crippen LogP contribution is 2.28.